The molecule has 0 heterocycles. The van der Waals surface area contributed by atoms with Gasteiger partial charge in [-0.15, -0.1) is 0 Å². The Labute approximate surface area is 152 Å². The van der Waals surface area contributed by atoms with Crippen LogP contribution in [-0.4, -0.2) is 21.5 Å². The Hall–Kier alpha value is -3.94. The van der Waals surface area contributed by atoms with Gasteiger partial charge in [0.25, 0.3) is 5.91 Å². The normalized spacial score (nSPS) is 15.8. The SMILES string of the molecule is O=C(N=C1c2cccc3cccc(c23)C1([N+](=O)[O-])[N+](=O)[O-])c1ccccc1. The molecule has 0 aliphatic heterocycles. The second-order valence-corrected chi connectivity index (χ2v) is 6.03. The van der Waals surface area contributed by atoms with E-state index in [1.54, 1.807) is 36.4 Å². The molecule has 0 radical (unpaired) electrons. The van der Waals surface area contributed by atoms with Gasteiger partial charge in [0.1, 0.15) is 15.4 Å². The van der Waals surface area contributed by atoms with Gasteiger partial charge in [0.05, 0.1) is 0 Å². The van der Waals surface area contributed by atoms with Crippen LogP contribution in [0.15, 0.2) is 71.7 Å². The summed E-state index contributed by atoms with van der Waals surface area (Å²) in [4.78, 5) is 38.4. The molecule has 1 aliphatic carbocycles. The molecule has 0 bridgehead atoms. The molecule has 0 unspecified atom stereocenters. The van der Waals surface area contributed by atoms with Gasteiger partial charge in [-0.25, -0.2) is 0 Å². The van der Waals surface area contributed by atoms with Gasteiger partial charge in [0.2, 0.25) is 5.71 Å². The highest BCUT2D eigenvalue weighted by Gasteiger charge is 2.68. The Morgan fingerprint density at radius 1 is 0.852 bits per heavy atom. The highest BCUT2D eigenvalue weighted by Crippen LogP contribution is 2.44. The van der Waals surface area contributed by atoms with Gasteiger partial charge in [0, 0.05) is 16.5 Å². The quantitative estimate of drug-likeness (QED) is 0.403. The number of benzene rings is 3. The van der Waals surface area contributed by atoms with Crippen LogP contribution in [0.3, 0.4) is 0 Å². The van der Waals surface area contributed by atoms with Gasteiger partial charge in [-0.1, -0.05) is 48.5 Å². The van der Waals surface area contributed by atoms with Gasteiger partial charge < -0.3 is 0 Å². The Balaban J connectivity index is 2.07. The summed E-state index contributed by atoms with van der Waals surface area (Å²) in [7, 11) is 0. The van der Waals surface area contributed by atoms with Crippen LogP contribution >= 0.6 is 0 Å². The predicted molar refractivity (Wildman–Crippen MR) is 96.9 cm³/mol. The molecule has 3 aromatic carbocycles. The number of carbonyl (C=O) groups excluding carboxylic acids is 1. The molecule has 1 amide bonds. The zero-order valence-electron chi connectivity index (χ0n) is 13.7. The van der Waals surface area contributed by atoms with Crippen molar-refractivity contribution in [1.29, 1.82) is 0 Å². The number of carbonyl (C=O) groups is 1. The number of rotatable bonds is 3. The predicted octanol–water partition coefficient (Wildman–Crippen LogP) is 3.19. The molecular formula is C19H11N3O5. The van der Waals surface area contributed by atoms with Crippen LogP contribution in [0.1, 0.15) is 21.5 Å². The minimum absolute atomic E-state index is 0.0924. The number of nitro groups is 2. The lowest BCUT2D eigenvalue weighted by atomic mass is 10.00. The number of aliphatic imine (C=N–C) groups is 1. The summed E-state index contributed by atoms with van der Waals surface area (Å²) < 4.78 is 0. The third-order valence-corrected chi connectivity index (χ3v) is 4.63. The minimum Gasteiger partial charge on any atom is -0.267 e. The molecule has 0 N–H and O–H groups in total. The lowest BCUT2D eigenvalue weighted by molar-refractivity contribution is -0.783. The Morgan fingerprint density at radius 2 is 1.48 bits per heavy atom. The fraction of sp³-hybridized carbons (Fsp3) is 0.0526. The van der Waals surface area contributed by atoms with Crippen molar-refractivity contribution in [3.05, 3.63) is 104 Å². The zero-order chi connectivity index (χ0) is 19.2. The molecule has 1 aliphatic rings. The molecule has 27 heavy (non-hydrogen) atoms. The molecule has 0 aromatic heterocycles. The second-order valence-electron chi connectivity index (χ2n) is 6.03. The van der Waals surface area contributed by atoms with Crippen LogP contribution in [0, 0.1) is 20.2 Å². The van der Waals surface area contributed by atoms with Crippen LogP contribution in [-0.2, 0) is 5.66 Å². The highest BCUT2D eigenvalue weighted by atomic mass is 16.7. The van der Waals surface area contributed by atoms with Crippen molar-refractivity contribution < 1.29 is 14.6 Å². The first-order valence-electron chi connectivity index (χ1n) is 7.98. The molecule has 0 saturated heterocycles. The van der Waals surface area contributed by atoms with Crippen LogP contribution in [0.2, 0.25) is 0 Å². The monoisotopic (exact) mass is 361 g/mol. The van der Waals surface area contributed by atoms with Crippen LogP contribution < -0.4 is 0 Å². The van der Waals surface area contributed by atoms with E-state index < -0.39 is 27.1 Å². The number of hydrogen-bond donors (Lipinski definition) is 0. The molecule has 132 valence electrons. The van der Waals surface area contributed by atoms with E-state index in [1.807, 2.05) is 0 Å². The Bertz CT molecular complexity index is 1140. The van der Waals surface area contributed by atoms with Crippen molar-refractivity contribution in [1.82, 2.24) is 0 Å². The van der Waals surface area contributed by atoms with E-state index in [-0.39, 0.29) is 16.7 Å². The molecule has 8 heteroatoms. The van der Waals surface area contributed by atoms with Crippen LogP contribution in [0.4, 0.5) is 0 Å². The molecule has 0 saturated carbocycles. The van der Waals surface area contributed by atoms with E-state index in [2.05, 4.69) is 4.99 Å². The molecule has 8 nitrogen and oxygen atoms in total. The molecular weight excluding hydrogens is 350 g/mol. The summed E-state index contributed by atoms with van der Waals surface area (Å²) in [5.41, 5.74) is -2.98. The maximum atomic E-state index is 12.6. The van der Waals surface area contributed by atoms with E-state index in [0.717, 1.165) is 0 Å². The third-order valence-electron chi connectivity index (χ3n) is 4.63. The van der Waals surface area contributed by atoms with Gasteiger partial charge >= 0.3 is 5.66 Å². The summed E-state index contributed by atoms with van der Waals surface area (Å²) in [5, 5.41) is 24.9. The summed E-state index contributed by atoms with van der Waals surface area (Å²) >= 11 is 0. The van der Waals surface area contributed by atoms with E-state index in [9.17, 15) is 25.0 Å². The van der Waals surface area contributed by atoms with Crippen LogP contribution in [0.5, 0.6) is 0 Å². The van der Waals surface area contributed by atoms with Gasteiger partial charge in [-0.2, -0.15) is 4.99 Å². The third kappa shape index (κ3) is 2.16. The number of nitrogens with zero attached hydrogens (tertiary/aromatic N) is 3. The van der Waals surface area contributed by atoms with E-state index in [1.165, 1.54) is 30.3 Å². The van der Waals surface area contributed by atoms with E-state index >= 15 is 0 Å². The molecule has 4 rings (SSSR count). The average Bonchev–Trinajstić information content (AvgIpc) is 2.95. The fourth-order valence-electron chi connectivity index (χ4n) is 3.47. The summed E-state index contributed by atoms with van der Waals surface area (Å²) in [6, 6.07) is 17.3. The topological polar surface area (TPSA) is 116 Å². The van der Waals surface area contributed by atoms with E-state index in [0.29, 0.717) is 10.8 Å². The largest absolute Gasteiger partial charge is 0.527 e. The minimum atomic E-state index is -2.83. The molecule has 0 atom stereocenters. The van der Waals surface area contributed by atoms with Crippen molar-refractivity contribution in [3.63, 3.8) is 0 Å². The molecule has 0 fully saturated rings. The second kappa shape index (κ2) is 5.80. The highest BCUT2D eigenvalue weighted by molar-refractivity contribution is 6.24. The molecule has 3 aromatic rings. The number of hydrogen-bond acceptors (Lipinski definition) is 5. The summed E-state index contributed by atoms with van der Waals surface area (Å²) in [6.45, 7) is 0. The van der Waals surface area contributed by atoms with Crippen molar-refractivity contribution in [3.8, 4) is 0 Å². The lowest BCUT2D eigenvalue weighted by Crippen LogP contribution is -2.48. The summed E-state index contributed by atoms with van der Waals surface area (Å²) in [6.07, 6.45) is 0. The van der Waals surface area contributed by atoms with Crippen molar-refractivity contribution in [2.24, 2.45) is 4.99 Å². The van der Waals surface area contributed by atoms with Gasteiger partial charge in [-0.3, -0.25) is 25.0 Å². The molecule has 0 spiro atoms. The first-order chi connectivity index (χ1) is 13.0. The van der Waals surface area contributed by atoms with Crippen LogP contribution in [0.25, 0.3) is 10.8 Å². The number of amides is 1. The van der Waals surface area contributed by atoms with Crippen molar-refractivity contribution >= 4 is 22.4 Å². The van der Waals surface area contributed by atoms with Gasteiger partial charge in [0.15, 0.2) is 0 Å². The first kappa shape index (κ1) is 16.5. The van der Waals surface area contributed by atoms with Gasteiger partial charge in [-0.05, 0) is 23.6 Å². The lowest BCUT2D eigenvalue weighted by Gasteiger charge is -2.13. The Morgan fingerprint density at radius 3 is 2.11 bits per heavy atom. The smallest absolute Gasteiger partial charge is 0.267 e. The maximum Gasteiger partial charge on any atom is 0.527 e. The summed E-state index contributed by atoms with van der Waals surface area (Å²) in [5.74, 6) is -0.775. The standard InChI is InChI=1S/C19H11N3O5/c23-18(13-6-2-1-3-7-13)20-17-14-10-4-8-12-9-5-11-15(16(12)14)19(17,21(24)25)22(26)27/h1-11H. The fourth-order valence-corrected chi connectivity index (χ4v) is 3.47. The zero-order valence-corrected chi connectivity index (χ0v) is 13.7. The maximum absolute atomic E-state index is 12.6. The van der Waals surface area contributed by atoms with Crippen molar-refractivity contribution in [2.75, 3.05) is 0 Å². The van der Waals surface area contributed by atoms with E-state index in [4.69, 9.17) is 0 Å². The van der Waals surface area contributed by atoms with Crippen molar-refractivity contribution in [2.45, 2.75) is 5.66 Å². The average molecular weight is 361 g/mol. The Kier molecular flexibility index (Phi) is 3.55. The first-order valence-corrected chi connectivity index (χ1v) is 7.98.